The minimum Gasteiger partial charge on any atom is -0.483 e. The number of aliphatic hydroxyl groups excluding tert-OH is 1. The van der Waals surface area contributed by atoms with Crippen molar-refractivity contribution >= 4 is 16.4 Å². The van der Waals surface area contributed by atoms with E-state index >= 15 is 0 Å². The van der Waals surface area contributed by atoms with Gasteiger partial charge in [-0.1, -0.05) is 64.7 Å². The predicted molar refractivity (Wildman–Crippen MR) is 78.7 cm³/mol. The van der Waals surface area contributed by atoms with Crippen LogP contribution in [0.2, 0.25) is 0 Å². The molecule has 0 aliphatic rings. The molecule has 0 spiro atoms. The van der Waals surface area contributed by atoms with E-state index < -0.39 is 0 Å². The van der Waals surface area contributed by atoms with Crippen LogP contribution in [0.1, 0.15) is 71.1 Å². The Balaban J connectivity index is -0.000000440. The van der Waals surface area contributed by atoms with E-state index in [0.29, 0.717) is 6.61 Å². The van der Waals surface area contributed by atoms with Crippen molar-refractivity contribution in [3.05, 3.63) is 0 Å². The fraction of sp³-hybridized carbons (Fsp3) is 0.923. The molecular weight excluding hydrogens is 235 g/mol. The van der Waals surface area contributed by atoms with Crippen molar-refractivity contribution in [1.29, 1.82) is 0 Å². The molecule has 0 fully saturated rings. The maximum atomic E-state index is 8.57. The highest BCUT2D eigenvalue weighted by atomic mass is 31.0. The van der Waals surface area contributed by atoms with Crippen LogP contribution in [0.4, 0.5) is 0 Å². The van der Waals surface area contributed by atoms with Crippen LogP contribution in [0.25, 0.3) is 0 Å². The van der Waals surface area contributed by atoms with E-state index in [1.807, 2.05) is 0 Å². The Morgan fingerprint density at radius 1 is 0.824 bits per heavy atom. The van der Waals surface area contributed by atoms with Gasteiger partial charge in [0.2, 0.25) is 0 Å². The first kappa shape index (κ1) is 22.1. The van der Waals surface area contributed by atoms with Crippen LogP contribution in [0.3, 0.4) is 0 Å². The molecule has 0 aromatic rings. The highest BCUT2D eigenvalue weighted by Crippen LogP contribution is 2.09. The molecule has 0 aromatic heterocycles. The third-order valence-corrected chi connectivity index (χ3v) is 2.51. The van der Waals surface area contributed by atoms with E-state index in [2.05, 4.69) is 6.92 Å². The summed E-state index contributed by atoms with van der Waals surface area (Å²) in [6.45, 7) is 2.38. The Morgan fingerprint density at radius 2 is 1.12 bits per heavy atom. The van der Waals surface area contributed by atoms with Gasteiger partial charge in [-0.05, 0) is 6.42 Å². The largest absolute Gasteiger partial charge is 0.483 e. The molecule has 0 rings (SSSR count). The number of aliphatic hydroxyl groups is 1. The molecule has 0 aliphatic heterocycles. The van der Waals surface area contributed by atoms with E-state index in [1.54, 1.807) is 0 Å². The van der Waals surface area contributed by atoms with Gasteiger partial charge in [0.1, 0.15) is 0 Å². The summed E-state index contributed by atoms with van der Waals surface area (Å²) in [5, 5.41) is 15.5. The summed E-state index contributed by atoms with van der Waals surface area (Å²) in [5.41, 5.74) is 0. The van der Waals surface area contributed by atoms with E-state index in [-0.39, 0.29) is 16.4 Å². The zero-order valence-corrected chi connectivity index (χ0v) is 12.8. The van der Waals surface area contributed by atoms with E-state index in [1.165, 1.54) is 57.8 Å². The molecule has 0 heterocycles. The molecule has 0 saturated heterocycles. The molecule has 0 amide bonds. The standard InChI is InChI=1S/C12H26O.CH2O2.H3P/c1-2-3-4-5-6-7-8-9-10-11-12-13;2-1-3;/h13H,2-12H2,1H3;1H,(H,2,3);1H3. The smallest absolute Gasteiger partial charge is 0.290 e. The predicted octanol–water partition coefficient (Wildman–Crippen LogP) is 3.66. The zero-order chi connectivity index (χ0) is 12.5. The monoisotopic (exact) mass is 266 g/mol. The molecular formula is C13H31O3P. The maximum Gasteiger partial charge on any atom is 0.290 e. The fourth-order valence-electron chi connectivity index (χ4n) is 1.60. The van der Waals surface area contributed by atoms with Gasteiger partial charge in [0.25, 0.3) is 6.47 Å². The summed E-state index contributed by atoms with van der Waals surface area (Å²) < 4.78 is 0. The summed E-state index contributed by atoms with van der Waals surface area (Å²) in [6, 6.07) is 0. The van der Waals surface area contributed by atoms with Crippen LogP contribution >= 0.6 is 9.90 Å². The summed E-state index contributed by atoms with van der Waals surface area (Å²) in [6.07, 6.45) is 13.3. The second-order valence-corrected chi connectivity index (χ2v) is 4.01. The van der Waals surface area contributed by atoms with Gasteiger partial charge in [-0.2, -0.15) is 9.90 Å². The Kier molecular flexibility index (Phi) is 32.3. The maximum absolute atomic E-state index is 8.57. The molecule has 0 aliphatic carbocycles. The molecule has 0 bridgehead atoms. The molecule has 17 heavy (non-hydrogen) atoms. The molecule has 1 atom stereocenters. The topological polar surface area (TPSA) is 57.5 Å². The minimum absolute atomic E-state index is 0. The lowest BCUT2D eigenvalue weighted by Gasteiger charge is -2.00. The first-order chi connectivity index (χ1) is 7.83. The van der Waals surface area contributed by atoms with Gasteiger partial charge in [0.05, 0.1) is 0 Å². The number of carbonyl (C=O) groups is 1. The third kappa shape index (κ3) is 31.3. The van der Waals surface area contributed by atoms with E-state index in [4.69, 9.17) is 15.0 Å². The molecule has 4 heteroatoms. The molecule has 0 saturated carbocycles. The number of hydrogen-bond donors (Lipinski definition) is 2. The summed E-state index contributed by atoms with van der Waals surface area (Å²) in [7, 11) is 0. The molecule has 2 N–H and O–H groups in total. The van der Waals surface area contributed by atoms with E-state index in [0.717, 1.165) is 6.42 Å². The van der Waals surface area contributed by atoms with Crippen LogP contribution in [-0.4, -0.2) is 23.3 Å². The van der Waals surface area contributed by atoms with Crippen molar-refractivity contribution in [2.24, 2.45) is 0 Å². The van der Waals surface area contributed by atoms with Crippen LogP contribution in [0.15, 0.2) is 0 Å². The normalized spacial score (nSPS) is 8.82. The van der Waals surface area contributed by atoms with Crippen molar-refractivity contribution in [3.8, 4) is 0 Å². The van der Waals surface area contributed by atoms with Crippen LogP contribution in [0, 0.1) is 0 Å². The third-order valence-electron chi connectivity index (χ3n) is 2.51. The minimum atomic E-state index is -0.250. The Labute approximate surface area is 110 Å². The molecule has 0 aromatic carbocycles. The van der Waals surface area contributed by atoms with Crippen molar-refractivity contribution in [2.75, 3.05) is 6.61 Å². The lowest BCUT2D eigenvalue weighted by Crippen LogP contribution is -1.84. The van der Waals surface area contributed by atoms with Crippen LogP contribution < -0.4 is 0 Å². The van der Waals surface area contributed by atoms with Gasteiger partial charge in [0, 0.05) is 6.61 Å². The number of unbranched alkanes of at least 4 members (excludes halogenated alkanes) is 9. The summed E-state index contributed by atoms with van der Waals surface area (Å²) in [5.74, 6) is 0. The van der Waals surface area contributed by atoms with Crippen molar-refractivity contribution in [3.63, 3.8) is 0 Å². The van der Waals surface area contributed by atoms with Crippen LogP contribution in [-0.2, 0) is 4.79 Å². The number of rotatable bonds is 10. The lowest BCUT2D eigenvalue weighted by atomic mass is 10.1. The second-order valence-electron chi connectivity index (χ2n) is 4.01. The highest BCUT2D eigenvalue weighted by molar-refractivity contribution is 6.92. The summed E-state index contributed by atoms with van der Waals surface area (Å²) in [4.78, 5) is 8.36. The first-order valence-corrected chi connectivity index (χ1v) is 6.52. The Bertz CT molecular complexity index is 111. The number of hydrogen-bond acceptors (Lipinski definition) is 2. The van der Waals surface area contributed by atoms with Gasteiger partial charge in [-0.25, -0.2) is 0 Å². The lowest BCUT2D eigenvalue weighted by molar-refractivity contribution is -0.122. The average Bonchev–Trinajstić information content (AvgIpc) is 2.28. The van der Waals surface area contributed by atoms with Crippen molar-refractivity contribution in [1.82, 2.24) is 0 Å². The SMILES string of the molecule is CCCCCCCCCCCCO.O=CO.P. The summed E-state index contributed by atoms with van der Waals surface area (Å²) >= 11 is 0. The molecule has 1 unspecified atom stereocenters. The number of carboxylic acid groups (broad SMARTS) is 1. The van der Waals surface area contributed by atoms with Gasteiger partial charge in [-0.3, -0.25) is 4.79 Å². The first-order valence-electron chi connectivity index (χ1n) is 6.52. The Hall–Kier alpha value is -0.140. The van der Waals surface area contributed by atoms with Gasteiger partial charge in [-0.15, -0.1) is 0 Å². The van der Waals surface area contributed by atoms with Gasteiger partial charge in [0.15, 0.2) is 0 Å². The Morgan fingerprint density at radius 3 is 1.41 bits per heavy atom. The van der Waals surface area contributed by atoms with Crippen LogP contribution in [0.5, 0.6) is 0 Å². The second kappa shape index (κ2) is 24.9. The molecule has 106 valence electrons. The quantitative estimate of drug-likeness (QED) is 0.360. The zero-order valence-electron chi connectivity index (χ0n) is 11.4. The van der Waals surface area contributed by atoms with Crippen molar-refractivity contribution in [2.45, 2.75) is 71.1 Å². The van der Waals surface area contributed by atoms with Crippen molar-refractivity contribution < 1.29 is 15.0 Å². The molecule has 0 radical (unpaired) electrons. The molecule has 3 nitrogen and oxygen atoms in total. The average molecular weight is 266 g/mol. The van der Waals surface area contributed by atoms with Gasteiger partial charge >= 0.3 is 0 Å². The highest BCUT2D eigenvalue weighted by Gasteiger charge is 1.91. The fourth-order valence-corrected chi connectivity index (χ4v) is 1.60. The van der Waals surface area contributed by atoms with E-state index in [9.17, 15) is 0 Å². The van der Waals surface area contributed by atoms with Gasteiger partial charge < -0.3 is 10.2 Å².